The van der Waals surface area contributed by atoms with Crippen LogP contribution in [0.15, 0.2) is 54.6 Å². The summed E-state index contributed by atoms with van der Waals surface area (Å²) >= 11 is 0. The van der Waals surface area contributed by atoms with Crippen molar-refractivity contribution in [1.29, 1.82) is 0 Å². The predicted octanol–water partition coefficient (Wildman–Crippen LogP) is 3.58. The lowest BCUT2D eigenvalue weighted by molar-refractivity contribution is -0.141. The van der Waals surface area contributed by atoms with Crippen molar-refractivity contribution in [2.75, 3.05) is 18.0 Å². The summed E-state index contributed by atoms with van der Waals surface area (Å²) in [7, 11) is 0. The first-order valence-corrected chi connectivity index (χ1v) is 10.6. The summed E-state index contributed by atoms with van der Waals surface area (Å²) in [5.74, 6) is -0.0924. The number of nitrogens with two attached hydrogens (primary N) is 1. The van der Waals surface area contributed by atoms with Gasteiger partial charge in [-0.25, -0.2) is 0 Å². The molecule has 1 heterocycles. The second-order valence-corrected chi connectivity index (χ2v) is 8.31. The second kappa shape index (κ2) is 7.99. The number of benzene rings is 2. The highest BCUT2D eigenvalue weighted by molar-refractivity contribution is 6.00. The summed E-state index contributed by atoms with van der Waals surface area (Å²) in [6, 6.07) is 18.3. The predicted molar refractivity (Wildman–Crippen MR) is 115 cm³/mol. The molecule has 1 saturated heterocycles. The maximum Gasteiger partial charge on any atom is 0.246 e. The van der Waals surface area contributed by atoms with Crippen molar-refractivity contribution in [3.63, 3.8) is 0 Å². The van der Waals surface area contributed by atoms with Gasteiger partial charge in [-0.2, -0.15) is 0 Å². The minimum atomic E-state index is -0.736. The zero-order chi connectivity index (χ0) is 20.4. The summed E-state index contributed by atoms with van der Waals surface area (Å²) in [5.41, 5.74) is 8.53. The van der Waals surface area contributed by atoms with E-state index < -0.39 is 5.54 Å². The minimum Gasteiger partial charge on any atom is -0.327 e. The van der Waals surface area contributed by atoms with Crippen molar-refractivity contribution in [3.8, 4) is 11.1 Å². The van der Waals surface area contributed by atoms with Gasteiger partial charge in [0, 0.05) is 12.2 Å². The second-order valence-electron chi connectivity index (χ2n) is 8.31. The highest BCUT2D eigenvalue weighted by Crippen LogP contribution is 2.36. The molecule has 29 heavy (non-hydrogen) atoms. The smallest absolute Gasteiger partial charge is 0.246 e. The van der Waals surface area contributed by atoms with Gasteiger partial charge in [-0.1, -0.05) is 62.2 Å². The maximum atomic E-state index is 13.0. The molecule has 152 valence electrons. The number of unbranched alkanes of at least 4 members (excludes halogenated alkanes) is 1. The van der Waals surface area contributed by atoms with E-state index in [9.17, 15) is 9.59 Å². The lowest BCUT2D eigenvalue weighted by atomic mass is 10.0. The lowest BCUT2D eigenvalue weighted by Crippen LogP contribution is -2.61. The van der Waals surface area contributed by atoms with Crippen molar-refractivity contribution in [2.45, 2.75) is 50.6 Å². The van der Waals surface area contributed by atoms with Crippen molar-refractivity contribution >= 4 is 17.5 Å². The minimum absolute atomic E-state index is 0.0153. The summed E-state index contributed by atoms with van der Waals surface area (Å²) in [6.45, 7) is 2.78. The van der Waals surface area contributed by atoms with E-state index in [0.717, 1.165) is 48.9 Å². The number of hydrogen-bond donors (Lipinski definition) is 1. The van der Waals surface area contributed by atoms with E-state index in [4.69, 9.17) is 5.73 Å². The quantitative estimate of drug-likeness (QED) is 0.818. The van der Waals surface area contributed by atoms with Crippen molar-refractivity contribution < 1.29 is 9.59 Å². The van der Waals surface area contributed by atoms with Gasteiger partial charge in [0.1, 0.15) is 6.54 Å². The Kier molecular flexibility index (Phi) is 5.41. The van der Waals surface area contributed by atoms with E-state index in [1.54, 1.807) is 4.90 Å². The Labute approximate surface area is 172 Å². The van der Waals surface area contributed by atoms with Gasteiger partial charge in [0.05, 0.1) is 11.6 Å². The van der Waals surface area contributed by atoms with Gasteiger partial charge in [-0.3, -0.25) is 9.59 Å². The molecule has 0 radical (unpaired) electrons. The van der Waals surface area contributed by atoms with E-state index in [2.05, 4.69) is 31.2 Å². The molecule has 5 nitrogen and oxygen atoms in total. The molecule has 0 spiro atoms. The molecule has 5 heteroatoms. The van der Waals surface area contributed by atoms with Gasteiger partial charge in [0.15, 0.2) is 0 Å². The van der Waals surface area contributed by atoms with Crippen LogP contribution in [0.5, 0.6) is 0 Å². The fourth-order valence-electron chi connectivity index (χ4n) is 4.06. The lowest BCUT2D eigenvalue weighted by Gasteiger charge is -2.42. The molecule has 1 aliphatic carbocycles. The van der Waals surface area contributed by atoms with Gasteiger partial charge < -0.3 is 15.5 Å². The molecule has 2 aromatic carbocycles. The molecule has 2 aromatic rings. The van der Waals surface area contributed by atoms with Crippen LogP contribution in [-0.2, 0) is 9.59 Å². The number of nitrogens with zero attached hydrogens (tertiary/aromatic N) is 2. The normalized spacial score (nSPS) is 20.6. The molecule has 1 saturated carbocycles. The molecule has 2 fully saturated rings. The highest BCUT2D eigenvalue weighted by atomic mass is 16.2. The van der Waals surface area contributed by atoms with Crippen LogP contribution >= 0.6 is 0 Å². The van der Waals surface area contributed by atoms with Gasteiger partial charge in [0.25, 0.3) is 0 Å². The Balaban J connectivity index is 1.58. The number of anilines is 1. The summed E-state index contributed by atoms with van der Waals surface area (Å²) in [6.07, 6.45) is 4.42. The fraction of sp³-hybridized carbons (Fsp3) is 0.417. The zero-order valence-electron chi connectivity index (χ0n) is 17.0. The maximum absolute atomic E-state index is 13.0. The van der Waals surface area contributed by atoms with Crippen molar-refractivity contribution in [2.24, 2.45) is 5.73 Å². The molecular weight excluding hydrogens is 362 g/mol. The van der Waals surface area contributed by atoms with Crippen LogP contribution in [0.2, 0.25) is 0 Å². The first-order chi connectivity index (χ1) is 14.0. The summed E-state index contributed by atoms with van der Waals surface area (Å²) in [4.78, 5) is 29.5. The Morgan fingerprint density at radius 1 is 1.10 bits per heavy atom. The Morgan fingerprint density at radius 2 is 1.83 bits per heavy atom. The molecule has 4 rings (SSSR count). The Hall–Kier alpha value is -2.66. The van der Waals surface area contributed by atoms with Crippen LogP contribution in [0.4, 0.5) is 5.69 Å². The number of hydrogen-bond acceptors (Lipinski definition) is 3. The molecule has 2 amide bonds. The summed E-state index contributed by atoms with van der Waals surface area (Å²) in [5, 5.41) is 0. The molecular formula is C24H29N3O2. The van der Waals surface area contributed by atoms with Crippen LogP contribution in [0, 0.1) is 0 Å². The molecule has 1 atom stereocenters. The Morgan fingerprint density at radius 3 is 2.52 bits per heavy atom. The largest absolute Gasteiger partial charge is 0.327 e. The molecule has 0 unspecified atom stereocenters. The number of carbonyl (C=O) groups is 2. The van der Waals surface area contributed by atoms with Crippen LogP contribution < -0.4 is 10.6 Å². The average molecular weight is 392 g/mol. The number of carbonyl (C=O) groups excluding carboxylic acids is 2. The third kappa shape index (κ3) is 4.06. The molecule has 1 aliphatic heterocycles. The number of piperazine rings is 1. The number of amides is 2. The molecule has 0 bridgehead atoms. The Bertz CT molecular complexity index is 892. The van der Waals surface area contributed by atoms with Gasteiger partial charge >= 0.3 is 0 Å². The first-order valence-electron chi connectivity index (χ1n) is 10.6. The number of rotatable bonds is 6. The topological polar surface area (TPSA) is 66.6 Å². The van der Waals surface area contributed by atoms with E-state index in [1.165, 1.54) is 0 Å². The SMILES string of the molecule is CCCC[C@H]1CN(c2cccc(-c3ccccc3)c2)C(=O)CN1C(=O)C1(N)CC1. The van der Waals surface area contributed by atoms with Crippen molar-refractivity contribution in [3.05, 3.63) is 54.6 Å². The average Bonchev–Trinajstić information content (AvgIpc) is 3.51. The summed E-state index contributed by atoms with van der Waals surface area (Å²) < 4.78 is 0. The molecule has 2 N–H and O–H groups in total. The fourth-order valence-corrected chi connectivity index (χ4v) is 4.06. The van der Waals surface area contributed by atoms with E-state index >= 15 is 0 Å². The third-order valence-electron chi connectivity index (χ3n) is 6.07. The van der Waals surface area contributed by atoms with Gasteiger partial charge in [-0.05, 0) is 42.5 Å². The van der Waals surface area contributed by atoms with Crippen LogP contribution in [0.3, 0.4) is 0 Å². The van der Waals surface area contributed by atoms with Gasteiger partial charge in [0.2, 0.25) is 11.8 Å². The van der Waals surface area contributed by atoms with Crippen LogP contribution in [0.1, 0.15) is 39.0 Å². The van der Waals surface area contributed by atoms with Crippen LogP contribution in [0.25, 0.3) is 11.1 Å². The van der Waals surface area contributed by atoms with Gasteiger partial charge in [-0.15, -0.1) is 0 Å². The first kappa shape index (κ1) is 19.6. The monoisotopic (exact) mass is 391 g/mol. The van der Waals surface area contributed by atoms with E-state index in [0.29, 0.717) is 6.54 Å². The van der Waals surface area contributed by atoms with E-state index in [-0.39, 0.29) is 24.4 Å². The highest BCUT2D eigenvalue weighted by Gasteiger charge is 2.51. The molecule has 0 aromatic heterocycles. The van der Waals surface area contributed by atoms with Crippen LogP contribution in [-0.4, -0.2) is 41.4 Å². The van der Waals surface area contributed by atoms with E-state index in [1.807, 2.05) is 35.2 Å². The zero-order valence-corrected chi connectivity index (χ0v) is 17.0. The standard InChI is InChI=1S/C24H29N3O2/c1-2-3-11-21-16-26(22(28)17-27(21)23(29)24(25)13-14-24)20-12-7-10-19(15-20)18-8-5-4-6-9-18/h4-10,12,15,21H,2-3,11,13-14,16-17,25H2,1H3/t21-/m0/s1. The molecule has 2 aliphatic rings. The third-order valence-corrected chi connectivity index (χ3v) is 6.07. The van der Waals surface area contributed by atoms with Crippen molar-refractivity contribution in [1.82, 2.24) is 4.90 Å².